The molecule has 1 amide bonds. The summed E-state index contributed by atoms with van der Waals surface area (Å²) in [5, 5.41) is 3.27. The molecule has 5 aliphatic rings. The number of ketones is 2. The van der Waals surface area contributed by atoms with E-state index in [1.165, 1.54) is 7.11 Å². The van der Waals surface area contributed by atoms with Gasteiger partial charge in [-0.2, -0.15) is 0 Å². The van der Waals surface area contributed by atoms with Gasteiger partial charge in [-0.25, -0.2) is 9.64 Å². The first-order chi connectivity index (χ1) is 17.5. The molecule has 4 saturated carbocycles. The minimum absolute atomic E-state index is 0.0504. The molecule has 0 spiro atoms. The highest BCUT2D eigenvalue weighted by Gasteiger charge is 2.72. The first kappa shape index (κ1) is 27.4. The van der Waals surface area contributed by atoms with Crippen LogP contribution in [0.15, 0.2) is 11.8 Å². The van der Waals surface area contributed by atoms with Gasteiger partial charge in [-0.1, -0.05) is 54.5 Å². The molecule has 0 saturated heterocycles. The van der Waals surface area contributed by atoms with Crippen LogP contribution >= 0.6 is 0 Å². The Hall–Kier alpha value is -2.16. The summed E-state index contributed by atoms with van der Waals surface area (Å²) in [4.78, 5) is 44.0. The zero-order chi connectivity index (χ0) is 28.1. The lowest BCUT2D eigenvalue weighted by Gasteiger charge is -2.72. The maximum atomic E-state index is 14.5. The molecular formula is C32H46N2O4. The van der Waals surface area contributed by atoms with Crippen LogP contribution in [0.2, 0.25) is 0 Å². The molecule has 0 radical (unpaired) electrons. The van der Waals surface area contributed by atoms with Gasteiger partial charge in [0.2, 0.25) is 5.70 Å². The molecule has 0 aromatic rings. The minimum atomic E-state index is -0.620. The monoisotopic (exact) mass is 522 g/mol. The van der Waals surface area contributed by atoms with Gasteiger partial charge < -0.3 is 14.8 Å². The highest BCUT2D eigenvalue weighted by Crippen LogP contribution is 2.74. The summed E-state index contributed by atoms with van der Waals surface area (Å²) in [5.74, 6) is 0.379. The van der Waals surface area contributed by atoms with Crippen molar-refractivity contribution in [2.24, 2.45) is 50.7 Å². The number of fused-ring (bicyclic) bond motifs is 7. The van der Waals surface area contributed by atoms with Gasteiger partial charge in [0, 0.05) is 23.3 Å². The van der Waals surface area contributed by atoms with Crippen LogP contribution in [0.4, 0.5) is 4.79 Å². The van der Waals surface area contributed by atoms with Crippen LogP contribution in [0.1, 0.15) is 99.8 Å². The van der Waals surface area contributed by atoms with Crippen molar-refractivity contribution in [1.82, 2.24) is 5.32 Å². The molecule has 5 rings (SSSR count). The van der Waals surface area contributed by atoms with Crippen LogP contribution in [0.25, 0.3) is 4.85 Å². The SMILES string of the molecule is [C-]#[N+]C1=C[C@]2(C)C3CC(=O)[C@@H]4[C@@H]5CC(C)(C)CC[C@]5(NC(=O)OC)CC[C@@]4(C)[C@]3(C)CC[C@H]2C(C)(C)C1=O. The van der Waals surface area contributed by atoms with E-state index in [4.69, 9.17) is 11.3 Å². The van der Waals surface area contributed by atoms with E-state index in [0.29, 0.717) is 12.2 Å². The number of methoxy groups -OCH3 is 1. The molecule has 0 bridgehead atoms. The Morgan fingerprint density at radius 3 is 2.26 bits per heavy atom. The van der Waals surface area contributed by atoms with Crippen molar-refractivity contribution in [1.29, 1.82) is 0 Å². The predicted molar refractivity (Wildman–Crippen MR) is 146 cm³/mol. The van der Waals surface area contributed by atoms with Crippen LogP contribution in [-0.2, 0) is 14.3 Å². The minimum Gasteiger partial charge on any atom is -0.453 e. The molecule has 208 valence electrons. The van der Waals surface area contributed by atoms with Crippen molar-refractivity contribution in [3.63, 3.8) is 0 Å². The Morgan fingerprint density at radius 1 is 0.974 bits per heavy atom. The number of nitrogens with zero attached hydrogens (tertiary/aromatic N) is 1. The van der Waals surface area contributed by atoms with Crippen molar-refractivity contribution in [3.8, 4) is 0 Å². The van der Waals surface area contributed by atoms with Crippen molar-refractivity contribution in [3.05, 3.63) is 23.2 Å². The van der Waals surface area contributed by atoms with Gasteiger partial charge >= 0.3 is 6.09 Å². The number of ether oxygens (including phenoxy) is 1. The van der Waals surface area contributed by atoms with Crippen molar-refractivity contribution < 1.29 is 19.1 Å². The van der Waals surface area contributed by atoms with E-state index >= 15 is 0 Å². The fourth-order valence-electron chi connectivity index (χ4n) is 10.7. The molecule has 0 heterocycles. The average Bonchev–Trinajstić information content (AvgIpc) is 2.83. The van der Waals surface area contributed by atoms with E-state index in [-0.39, 0.29) is 51.4 Å². The van der Waals surface area contributed by atoms with Crippen molar-refractivity contribution >= 4 is 17.7 Å². The molecule has 4 fully saturated rings. The zero-order valence-electron chi connectivity index (χ0n) is 24.6. The summed E-state index contributed by atoms with van der Waals surface area (Å²) in [6.45, 7) is 23.3. The summed E-state index contributed by atoms with van der Waals surface area (Å²) in [6.07, 6.45) is 8.45. The number of rotatable bonds is 1. The Morgan fingerprint density at radius 2 is 1.63 bits per heavy atom. The number of allylic oxidation sites excluding steroid dienone is 2. The maximum absolute atomic E-state index is 14.5. The fourth-order valence-corrected chi connectivity index (χ4v) is 10.7. The first-order valence-corrected chi connectivity index (χ1v) is 14.6. The lowest BCUT2D eigenvalue weighted by Crippen LogP contribution is -2.72. The number of hydrogen-bond acceptors (Lipinski definition) is 4. The van der Waals surface area contributed by atoms with Gasteiger partial charge in [-0.3, -0.25) is 4.79 Å². The third-order valence-corrected chi connectivity index (χ3v) is 13.0. The fraction of sp³-hybridized carbons (Fsp3) is 0.812. The second kappa shape index (κ2) is 8.18. The van der Waals surface area contributed by atoms with Crippen LogP contribution in [0.3, 0.4) is 0 Å². The number of carbonyl (C=O) groups is 3. The van der Waals surface area contributed by atoms with Gasteiger partial charge in [0.25, 0.3) is 0 Å². The first-order valence-electron chi connectivity index (χ1n) is 14.6. The molecule has 0 aliphatic heterocycles. The second-order valence-electron chi connectivity index (χ2n) is 15.4. The lowest BCUT2D eigenvalue weighted by molar-refractivity contribution is -0.214. The van der Waals surface area contributed by atoms with Crippen LogP contribution < -0.4 is 5.32 Å². The molecule has 6 heteroatoms. The van der Waals surface area contributed by atoms with Gasteiger partial charge in [0.15, 0.2) is 5.78 Å². The van der Waals surface area contributed by atoms with E-state index in [1.807, 2.05) is 19.9 Å². The standard InChI is InChI=1S/C32H46N2O4/c1-27(2)12-14-32(34-26(37)38-9)15-13-31(7)24(19(32)17-27)21(35)16-23-29(5)18-20(33-8)25(36)28(3,4)22(29)10-11-30(23,31)6/h18-19,22-24H,10-17H2,1-7,9H3,(H,34,37)/t19-,22-,23?,24-,29-,30+,31+,32-/m0/s1. The Kier molecular flexibility index (Phi) is 5.90. The molecule has 0 aromatic heterocycles. The number of nitrogens with one attached hydrogen (secondary N) is 1. The van der Waals surface area contributed by atoms with Crippen LogP contribution in [0.5, 0.6) is 0 Å². The van der Waals surface area contributed by atoms with E-state index in [9.17, 15) is 14.4 Å². The van der Waals surface area contributed by atoms with Crippen LogP contribution in [0, 0.1) is 57.3 Å². The zero-order valence-corrected chi connectivity index (χ0v) is 24.6. The highest BCUT2D eigenvalue weighted by atomic mass is 16.5. The van der Waals surface area contributed by atoms with Gasteiger partial charge in [0.1, 0.15) is 5.78 Å². The number of alkyl carbamates (subject to hydrolysis) is 1. The summed E-state index contributed by atoms with van der Waals surface area (Å²) < 4.78 is 5.07. The summed E-state index contributed by atoms with van der Waals surface area (Å²) >= 11 is 0. The van der Waals surface area contributed by atoms with E-state index in [2.05, 4.69) is 44.8 Å². The third-order valence-electron chi connectivity index (χ3n) is 13.0. The summed E-state index contributed by atoms with van der Waals surface area (Å²) in [5.41, 5.74) is -1.41. The number of Topliss-reactive ketones (excluding diaryl/α,β-unsaturated/α-hetero) is 2. The molecule has 1 unspecified atom stereocenters. The smallest absolute Gasteiger partial charge is 0.407 e. The van der Waals surface area contributed by atoms with Gasteiger partial charge in [-0.15, -0.1) is 0 Å². The van der Waals surface area contributed by atoms with Crippen LogP contribution in [-0.4, -0.2) is 30.3 Å². The summed E-state index contributed by atoms with van der Waals surface area (Å²) in [6, 6.07) is 0. The lowest BCUT2D eigenvalue weighted by atomic mass is 9.32. The number of carbonyl (C=O) groups excluding carboxylic acids is 3. The third kappa shape index (κ3) is 3.38. The molecule has 1 N–H and O–H groups in total. The normalized spacial score (nSPS) is 46.8. The van der Waals surface area contributed by atoms with Crippen molar-refractivity contribution in [2.75, 3.05) is 7.11 Å². The van der Waals surface area contributed by atoms with Crippen molar-refractivity contribution in [2.45, 2.75) is 105 Å². The summed E-state index contributed by atoms with van der Waals surface area (Å²) in [7, 11) is 1.42. The molecule has 5 aliphatic carbocycles. The predicted octanol–water partition coefficient (Wildman–Crippen LogP) is 6.75. The Labute approximate surface area is 228 Å². The molecule has 6 nitrogen and oxygen atoms in total. The van der Waals surface area contributed by atoms with E-state index in [1.54, 1.807) is 0 Å². The molecule has 0 aromatic carbocycles. The second-order valence-corrected chi connectivity index (χ2v) is 15.4. The molecular weight excluding hydrogens is 476 g/mol. The number of amides is 1. The largest absolute Gasteiger partial charge is 0.453 e. The quantitative estimate of drug-likeness (QED) is 0.387. The number of hydrogen-bond donors (Lipinski definition) is 1. The Bertz CT molecular complexity index is 1160. The average molecular weight is 523 g/mol. The van der Waals surface area contributed by atoms with Gasteiger partial charge in [0.05, 0.1) is 13.7 Å². The highest BCUT2D eigenvalue weighted by molar-refractivity contribution is 6.02. The van der Waals surface area contributed by atoms with Gasteiger partial charge in [-0.05, 0) is 84.4 Å². The van der Waals surface area contributed by atoms with E-state index < -0.39 is 22.5 Å². The maximum Gasteiger partial charge on any atom is 0.407 e. The van der Waals surface area contributed by atoms with E-state index in [0.717, 1.165) is 44.9 Å². The topological polar surface area (TPSA) is 76.8 Å². The molecule has 38 heavy (non-hydrogen) atoms. The molecule has 8 atom stereocenters. The Balaban J connectivity index is 1.62.